The Kier molecular flexibility index (Phi) is 4.81. The number of hydrogen-bond donors (Lipinski definition) is 2. The van der Waals surface area contributed by atoms with Crippen LogP contribution in [-0.2, 0) is 0 Å². The van der Waals surface area contributed by atoms with E-state index in [1.807, 2.05) is 13.4 Å². The fraction of sp³-hybridized carbons (Fsp3) is 0.526. The molecule has 0 aliphatic heterocycles. The Balaban J connectivity index is 1.63. The molecule has 4 rings (SSSR count). The maximum absolute atomic E-state index is 4.70. The molecule has 0 amide bonds. The molecule has 1 aromatic carbocycles. The predicted molar refractivity (Wildman–Crippen MR) is 101 cm³/mol. The Bertz CT molecular complexity index is 686. The van der Waals surface area contributed by atoms with E-state index in [9.17, 15) is 0 Å². The molecule has 4 nitrogen and oxygen atoms in total. The van der Waals surface area contributed by atoms with Gasteiger partial charge in [0.25, 0.3) is 0 Å². The van der Waals surface area contributed by atoms with E-state index >= 15 is 0 Å². The fourth-order valence-electron chi connectivity index (χ4n) is 3.56. The largest absolute Gasteiger partial charge is 0.382 e. The summed E-state index contributed by atoms with van der Waals surface area (Å²) in [6.45, 7) is 0. The fourth-order valence-corrected chi connectivity index (χ4v) is 4.11. The van der Waals surface area contributed by atoms with E-state index in [4.69, 9.17) is 4.98 Å². The third-order valence-electron chi connectivity index (χ3n) is 5.02. The molecule has 2 N–H and O–H groups in total. The van der Waals surface area contributed by atoms with E-state index < -0.39 is 0 Å². The first-order valence-electron chi connectivity index (χ1n) is 9.11. The second-order valence-corrected chi connectivity index (χ2v) is 8.01. The number of aromatic nitrogens is 2. The molecule has 0 saturated heterocycles. The second kappa shape index (κ2) is 7.19. The van der Waals surface area contributed by atoms with Crippen LogP contribution < -0.4 is 10.0 Å². The highest BCUT2D eigenvalue weighted by atomic mass is 32.2. The molecule has 1 aromatic heterocycles. The number of nitrogens with one attached hydrogen (secondary N) is 2. The van der Waals surface area contributed by atoms with E-state index in [1.54, 1.807) is 11.9 Å². The smallest absolute Gasteiger partial charge is 0.0956 e. The molecule has 0 spiro atoms. The van der Waals surface area contributed by atoms with Crippen LogP contribution in [0.4, 0.5) is 5.69 Å². The van der Waals surface area contributed by atoms with Gasteiger partial charge in [0, 0.05) is 34.4 Å². The first-order valence-corrected chi connectivity index (χ1v) is 9.93. The summed E-state index contributed by atoms with van der Waals surface area (Å²) in [6, 6.07) is 7.95. The van der Waals surface area contributed by atoms with Gasteiger partial charge in [-0.15, -0.1) is 0 Å². The molecule has 0 unspecified atom stereocenters. The van der Waals surface area contributed by atoms with Crippen LogP contribution in [0.5, 0.6) is 0 Å². The number of hydrogen-bond acceptors (Lipinski definition) is 4. The Labute approximate surface area is 148 Å². The van der Waals surface area contributed by atoms with Crippen molar-refractivity contribution in [1.82, 2.24) is 14.3 Å². The maximum atomic E-state index is 4.70. The first kappa shape index (κ1) is 16.0. The zero-order valence-electron chi connectivity index (χ0n) is 14.3. The zero-order chi connectivity index (χ0) is 16.4. The van der Waals surface area contributed by atoms with Gasteiger partial charge in [-0.3, -0.25) is 4.72 Å². The average molecular weight is 343 g/mol. The molecule has 2 aromatic rings. The Morgan fingerprint density at radius 1 is 1.12 bits per heavy atom. The second-order valence-electron chi connectivity index (χ2n) is 6.93. The van der Waals surface area contributed by atoms with E-state index in [2.05, 4.69) is 39.0 Å². The van der Waals surface area contributed by atoms with Crippen molar-refractivity contribution in [1.29, 1.82) is 0 Å². The van der Waals surface area contributed by atoms with Gasteiger partial charge in [-0.25, -0.2) is 4.98 Å². The molecule has 128 valence electrons. The van der Waals surface area contributed by atoms with Gasteiger partial charge in [0.1, 0.15) is 0 Å². The molecule has 1 heterocycles. The van der Waals surface area contributed by atoms with Crippen LogP contribution in [0.15, 0.2) is 35.6 Å². The van der Waals surface area contributed by atoms with Gasteiger partial charge < -0.3 is 9.88 Å². The standard InChI is InChI=1S/C19H26N4S/c1-20-24-16-9-10-18(22-14-5-3-2-4-6-14)17(11-16)19-12-23(13-21-19)15-7-8-15/h9-15,20,22H,2-8H2,1H3. The highest BCUT2D eigenvalue weighted by Gasteiger charge is 2.24. The topological polar surface area (TPSA) is 41.9 Å². The van der Waals surface area contributed by atoms with Crippen molar-refractivity contribution in [2.45, 2.75) is 61.9 Å². The highest BCUT2D eigenvalue weighted by molar-refractivity contribution is 7.97. The van der Waals surface area contributed by atoms with Crippen molar-refractivity contribution < 1.29 is 0 Å². The van der Waals surface area contributed by atoms with E-state index in [1.165, 1.54) is 61.1 Å². The molecule has 0 bridgehead atoms. The van der Waals surface area contributed by atoms with Crippen LogP contribution in [0.3, 0.4) is 0 Å². The van der Waals surface area contributed by atoms with Gasteiger partial charge in [0.05, 0.1) is 12.0 Å². The van der Waals surface area contributed by atoms with Crippen molar-refractivity contribution in [2.75, 3.05) is 12.4 Å². The summed E-state index contributed by atoms with van der Waals surface area (Å²) in [5.41, 5.74) is 3.53. The molecular weight excluding hydrogens is 316 g/mol. The van der Waals surface area contributed by atoms with Crippen molar-refractivity contribution in [3.63, 3.8) is 0 Å². The van der Waals surface area contributed by atoms with E-state index in [0.717, 1.165) is 5.69 Å². The molecule has 5 heteroatoms. The quantitative estimate of drug-likeness (QED) is 0.736. The van der Waals surface area contributed by atoms with Crippen LogP contribution in [0.25, 0.3) is 11.3 Å². The summed E-state index contributed by atoms with van der Waals surface area (Å²) in [6.07, 6.45) is 13.4. The summed E-state index contributed by atoms with van der Waals surface area (Å²) in [4.78, 5) is 5.92. The van der Waals surface area contributed by atoms with E-state index in [-0.39, 0.29) is 0 Å². The molecule has 24 heavy (non-hydrogen) atoms. The average Bonchev–Trinajstić information content (AvgIpc) is 3.35. The van der Waals surface area contributed by atoms with Crippen LogP contribution in [0.2, 0.25) is 0 Å². The molecular formula is C19H26N4S. The molecule has 2 saturated carbocycles. The Morgan fingerprint density at radius 3 is 2.71 bits per heavy atom. The third-order valence-corrected chi connectivity index (χ3v) is 5.72. The summed E-state index contributed by atoms with van der Waals surface area (Å²) >= 11 is 1.65. The maximum Gasteiger partial charge on any atom is 0.0956 e. The summed E-state index contributed by atoms with van der Waals surface area (Å²) in [5.74, 6) is 0. The summed E-state index contributed by atoms with van der Waals surface area (Å²) < 4.78 is 5.44. The normalized spacial score (nSPS) is 18.7. The first-order chi connectivity index (χ1) is 11.8. The van der Waals surface area contributed by atoms with Crippen molar-refractivity contribution in [2.24, 2.45) is 0 Å². The third kappa shape index (κ3) is 3.62. The lowest BCUT2D eigenvalue weighted by Gasteiger charge is -2.25. The van der Waals surface area contributed by atoms with Gasteiger partial charge in [-0.2, -0.15) is 0 Å². The van der Waals surface area contributed by atoms with Gasteiger partial charge >= 0.3 is 0 Å². The Hall–Kier alpha value is -1.46. The monoisotopic (exact) mass is 342 g/mol. The van der Waals surface area contributed by atoms with Gasteiger partial charge in [0.15, 0.2) is 0 Å². The zero-order valence-corrected chi connectivity index (χ0v) is 15.1. The van der Waals surface area contributed by atoms with Gasteiger partial charge in [-0.05, 0) is 62.9 Å². The number of imidazole rings is 1. The summed E-state index contributed by atoms with van der Waals surface area (Å²) in [7, 11) is 1.96. The Morgan fingerprint density at radius 2 is 1.96 bits per heavy atom. The van der Waals surface area contributed by atoms with Crippen molar-refractivity contribution >= 4 is 17.6 Å². The number of rotatable bonds is 6. The van der Waals surface area contributed by atoms with Crippen LogP contribution in [0, 0.1) is 0 Å². The number of anilines is 1. The molecule has 0 atom stereocenters. The lowest BCUT2D eigenvalue weighted by Crippen LogP contribution is -2.22. The van der Waals surface area contributed by atoms with E-state index in [0.29, 0.717) is 12.1 Å². The highest BCUT2D eigenvalue weighted by Crippen LogP contribution is 2.37. The minimum absolute atomic E-state index is 0.603. The number of nitrogens with zero attached hydrogens (tertiary/aromatic N) is 2. The number of benzene rings is 1. The van der Waals surface area contributed by atoms with Crippen molar-refractivity contribution in [3.05, 3.63) is 30.7 Å². The molecule has 2 aliphatic rings. The van der Waals surface area contributed by atoms with Gasteiger partial charge in [-0.1, -0.05) is 19.3 Å². The van der Waals surface area contributed by atoms with Crippen molar-refractivity contribution in [3.8, 4) is 11.3 Å². The minimum atomic E-state index is 0.603. The van der Waals surface area contributed by atoms with Gasteiger partial charge in [0.2, 0.25) is 0 Å². The SMILES string of the molecule is CNSc1ccc(NC2CCCCC2)c(-c2cn(C3CC3)cn2)c1. The molecule has 2 aliphatic carbocycles. The van der Waals surface area contributed by atoms with Crippen LogP contribution in [0.1, 0.15) is 51.0 Å². The van der Waals surface area contributed by atoms with Crippen LogP contribution >= 0.6 is 11.9 Å². The lowest BCUT2D eigenvalue weighted by molar-refractivity contribution is 0.463. The summed E-state index contributed by atoms with van der Waals surface area (Å²) in [5, 5.41) is 3.79. The molecule has 2 fully saturated rings. The minimum Gasteiger partial charge on any atom is -0.382 e. The predicted octanol–water partition coefficient (Wildman–Crippen LogP) is 4.86. The molecule has 0 radical (unpaired) electrons. The van der Waals surface area contributed by atoms with Crippen LogP contribution in [-0.4, -0.2) is 22.6 Å². The lowest BCUT2D eigenvalue weighted by atomic mass is 9.95.